The number of pyridine rings is 1. The fraction of sp³-hybridized carbons (Fsp3) is 0.526. The smallest absolute Gasteiger partial charge is 0.415 e. The molecule has 0 radical (unpaired) electrons. The molecule has 1 atom stereocenters. The van der Waals surface area contributed by atoms with Gasteiger partial charge in [0.25, 0.3) is 11.8 Å². The maximum atomic E-state index is 13.7. The van der Waals surface area contributed by atoms with Gasteiger partial charge >= 0.3 is 12.4 Å². The first-order chi connectivity index (χ1) is 14.6. The van der Waals surface area contributed by atoms with Crippen LogP contribution in [0.25, 0.3) is 17.2 Å². The molecule has 1 fully saturated rings. The lowest BCUT2D eigenvalue weighted by molar-refractivity contribution is -0.137. The molecule has 0 spiro atoms. The first-order valence-corrected chi connectivity index (χ1v) is 9.81. The minimum atomic E-state index is -4.73. The van der Waals surface area contributed by atoms with E-state index in [0.29, 0.717) is 38.6 Å². The molecule has 1 saturated heterocycles. The quantitative estimate of drug-likeness (QED) is 0.558. The molecule has 6 nitrogen and oxygen atoms in total. The zero-order valence-corrected chi connectivity index (χ0v) is 16.2. The van der Waals surface area contributed by atoms with Crippen molar-refractivity contribution < 1.29 is 30.8 Å². The zero-order valence-electron chi connectivity index (χ0n) is 16.2. The summed E-state index contributed by atoms with van der Waals surface area (Å²) in [6.07, 6.45) is -5.40. The second kappa shape index (κ2) is 7.72. The minimum Gasteiger partial charge on any atom is -0.415 e. The first kappa shape index (κ1) is 21.4. The molecule has 168 valence electrons. The van der Waals surface area contributed by atoms with Gasteiger partial charge in [-0.1, -0.05) is 12.5 Å². The highest BCUT2D eigenvalue weighted by Gasteiger charge is 2.41. The normalized spacial score (nSPS) is 21.9. The van der Waals surface area contributed by atoms with Crippen molar-refractivity contribution in [3.05, 3.63) is 23.6 Å². The van der Waals surface area contributed by atoms with E-state index in [0.717, 1.165) is 12.1 Å². The Bertz CT molecular complexity index is 997. The Morgan fingerprint density at radius 2 is 1.68 bits per heavy atom. The lowest BCUT2D eigenvalue weighted by Crippen LogP contribution is -2.32. The van der Waals surface area contributed by atoms with E-state index in [1.54, 1.807) is 4.90 Å². The van der Waals surface area contributed by atoms with Gasteiger partial charge in [-0.2, -0.15) is 26.3 Å². The van der Waals surface area contributed by atoms with Crippen molar-refractivity contribution in [2.75, 3.05) is 17.2 Å². The maximum absolute atomic E-state index is 13.7. The highest BCUT2D eigenvalue weighted by atomic mass is 19.4. The Morgan fingerprint density at radius 3 is 2.39 bits per heavy atom. The van der Waals surface area contributed by atoms with Crippen molar-refractivity contribution in [2.45, 2.75) is 56.9 Å². The van der Waals surface area contributed by atoms with Gasteiger partial charge in [-0.15, -0.1) is 10.2 Å². The maximum Gasteiger partial charge on any atom is 0.421 e. The van der Waals surface area contributed by atoms with Crippen LogP contribution in [0.4, 0.5) is 37.8 Å². The lowest BCUT2D eigenvalue weighted by atomic mass is 10.0. The fourth-order valence-corrected chi connectivity index (χ4v) is 4.06. The summed E-state index contributed by atoms with van der Waals surface area (Å²) < 4.78 is 86.8. The number of rotatable bonds is 0. The number of aromatic nitrogens is 3. The molecular weight excluding hydrogens is 428 g/mol. The van der Waals surface area contributed by atoms with Gasteiger partial charge in [-0.05, 0) is 38.2 Å². The van der Waals surface area contributed by atoms with E-state index < -0.39 is 41.0 Å². The van der Waals surface area contributed by atoms with Crippen LogP contribution in [0.15, 0.2) is 16.6 Å². The molecule has 0 amide bonds. The average Bonchev–Trinajstić information content (AvgIpc) is 3.31. The van der Waals surface area contributed by atoms with Gasteiger partial charge in [0, 0.05) is 12.6 Å². The van der Waals surface area contributed by atoms with Crippen molar-refractivity contribution in [2.24, 2.45) is 0 Å². The standard InChI is InChI=1S/C19H19F6N5O/c20-18(21,22)11-7-3-1-2-5-10-6-4-8-30(10)15-12(19(23,24)25)9-13(26)14(27-15)17-29-28-16(11)31-17/h7,9-10H,1-6,8,26H2/b11-7+/t10-/m1/s1. The van der Waals surface area contributed by atoms with Crippen LogP contribution in [0.2, 0.25) is 0 Å². The minimum absolute atomic E-state index is 0.124. The number of allylic oxidation sites excluding steroid dienone is 2. The number of halogens is 6. The number of hydrogen-bond donors (Lipinski definition) is 1. The Balaban J connectivity index is 1.90. The molecule has 4 heterocycles. The highest BCUT2D eigenvalue weighted by molar-refractivity contribution is 5.72. The molecule has 0 saturated carbocycles. The largest absolute Gasteiger partial charge is 0.421 e. The van der Waals surface area contributed by atoms with Gasteiger partial charge in [0.1, 0.15) is 17.0 Å². The van der Waals surface area contributed by atoms with Gasteiger partial charge in [-0.3, -0.25) is 0 Å². The van der Waals surface area contributed by atoms with Crippen molar-refractivity contribution in [1.29, 1.82) is 0 Å². The summed E-state index contributed by atoms with van der Waals surface area (Å²) >= 11 is 0. The molecule has 2 N–H and O–H groups in total. The van der Waals surface area contributed by atoms with Crippen LogP contribution in [-0.2, 0) is 6.18 Å². The highest BCUT2D eigenvalue weighted by Crippen LogP contribution is 2.43. The van der Waals surface area contributed by atoms with E-state index in [1.807, 2.05) is 0 Å². The number of nitrogens with zero attached hydrogens (tertiary/aromatic N) is 4. The van der Waals surface area contributed by atoms with E-state index in [1.165, 1.54) is 0 Å². The summed E-state index contributed by atoms with van der Waals surface area (Å²) in [6.45, 7) is 0.386. The molecule has 2 aliphatic heterocycles. The molecule has 31 heavy (non-hydrogen) atoms. The third kappa shape index (κ3) is 4.19. The van der Waals surface area contributed by atoms with E-state index in [-0.39, 0.29) is 24.0 Å². The van der Waals surface area contributed by atoms with E-state index in [9.17, 15) is 26.3 Å². The van der Waals surface area contributed by atoms with Crippen LogP contribution < -0.4 is 10.6 Å². The SMILES string of the molecule is Nc1cc(C(F)(F)F)c2nc1-c1nnc(o1)/C(C(F)(F)F)=C\CCCC[C@@H]1CCCN21. The monoisotopic (exact) mass is 447 g/mol. The predicted molar refractivity (Wildman–Crippen MR) is 99.8 cm³/mol. The summed E-state index contributed by atoms with van der Waals surface area (Å²) in [7, 11) is 0. The van der Waals surface area contributed by atoms with E-state index in [4.69, 9.17) is 10.2 Å². The lowest BCUT2D eigenvalue weighted by Gasteiger charge is -2.29. The number of alkyl halides is 6. The summed E-state index contributed by atoms with van der Waals surface area (Å²) in [5.41, 5.74) is 3.01. The second-order valence-electron chi connectivity index (χ2n) is 7.60. The molecule has 12 heteroatoms. The Hall–Kier alpha value is -2.79. The second-order valence-corrected chi connectivity index (χ2v) is 7.60. The Morgan fingerprint density at radius 1 is 0.968 bits per heavy atom. The van der Waals surface area contributed by atoms with Gasteiger partial charge in [0.2, 0.25) is 0 Å². The number of nitrogens with two attached hydrogens (primary N) is 1. The van der Waals surface area contributed by atoms with Gasteiger partial charge in [0.05, 0.1) is 5.69 Å². The van der Waals surface area contributed by atoms with Gasteiger partial charge in [-0.25, -0.2) is 4.98 Å². The van der Waals surface area contributed by atoms with Crippen molar-refractivity contribution in [1.82, 2.24) is 15.2 Å². The van der Waals surface area contributed by atoms with Crippen LogP contribution in [0, 0.1) is 0 Å². The topological polar surface area (TPSA) is 81.1 Å². The predicted octanol–water partition coefficient (Wildman–Crippen LogP) is 5.22. The van der Waals surface area contributed by atoms with E-state index >= 15 is 0 Å². The number of hydrogen-bond acceptors (Lipinski definition) is 6. The molecule has 4 rings (SSSR count). The van der Waals surface area contributed by atoms with Crippen molar-refractivity contribution >= 4 is 17.1 Å². The van der Waals surface area contributed by atoms with Crippen LogP contribution >= 0.6 is 0 Å². The summed E-state index contributed by atoms with van der Waals surface area (Å²) in [5.74, 6) is -1.56. The summed E-state index contributed by atoms with van der Waals surface area (Å²) in [4.78, 5) is 5.69. The van der Waals surface area contributed by atoms with Crippen LogP contribution in [-0.4, -0.2) is 33.9 Å². The first-order valence-electron chi connectivity index (χ1n) is 9.81. The molecule has 0 unspecified atom stereocenters. The van der Waals surface area contributed by atoms with Crippen LogP contribution in [0.5, 0.6) is 0 Å². The molecule has 2 aliphatic rings. The molecule has 2 aromatic heterocycles. The number of nitrogen functional groups attached to an aromatic ring is 1. The third-order valence-corrected chi connectivity index (χ3v) is 5.49. The fourth-order valence-electron chi connectivity index (χ4n) is 4.06. The molecule has 0 aliphatic carbocycles. The summed E-state index contributed by atoms with van der Waals surface area (Å²) in [5, 5.41) is 7.04. The zero-order chi connectivity index (χ0) is 22.4. The number of fused-ring (bicyclic) bond motifs is 7. The van der Waals surface area contributed by atoms with Gasteiger partial charge in [0.15, 0.2) is 5.69 Å². The molecule has 4 bridgehead atoms. The number of anilines is 2. The molecule has 2 aromatic rings. The Kier molecular flexibility index (Phi) is 5.34. The van der Waals surface area contributed by atoms with Crippen LogP contribution in [0.1, 0.15) is 50.0 Å². The third-order valence-electron chi connectivity index (χ3n) is 5.49. The van der Waals surface area contributed by atoms with Crippen LogP contribution in [0.3, 0.4) is 0 Å². The molecule has 0 aromatic carbocycles. The summed E-state index contributed by atoms with van der Waals surface area (Å²) in [6, 6.07) is 0.529. The Labute approximate surface area is 173 Å². The van der Waals surface area contributed by atoms with Gasteiger partial charge < -0.3 is 15.1 Å². The van der Waals surface area contributed by atoms with Crippen molar-refractivity contribution in [3.8, 4) is 11.6 Å². The van der Waals surface area contributed by atoms with Crippen molar-refractivity contribution in [3.63, 3.8) is 0 Å². The molecular formula is C19H19F6N5O. The average molecular weight is 447 g/mol. The van der Waals surface area contributed by atoms with E-state index in [2.05, 4.69) is 15.2 Å².